The van der Waals surface area contributed by atoms with E-state index in [1.54, 1.807) is 32.9 Å². The summed E-state index contributed by atoms with van der Waals surface area (Å²) in [5.41, 5.74) is 5.58. The molecule has 2 aromatic rings. The molecule has 11 nitrogen and oxygen atoms in total. The van der Waals surface area contributed by atoms with Crippen LogP contribution in [0.4, 0.5) is 4.79 Å². The van der Waals surface area contributed by atoms with Crippen molar-refractivity contribution in [1.29, 1.82) is 0 Å². The van der Waals surface area contributed by atoms with E-state index >= 15 is 0 Å². The van der Waals surface area contributed by atoms with Gasteiger partial charge in [-0.3, -0.25) is 4.79 Å². The molecule has 4 N–H and O–H groups in total. The fourth-order valence-corrected chi connectivity index (χ4v) is 2.63. The summed E-state index contributed by atoms with van der Waals surface area (Å²) in [4.78, 5) is 37.7. The van der Waals surface area contributed by atoms with Crippen molar-refractivity contribution in [2.45, 2.75) is 58.3 Å². The van der Waals surface area contributed by atoms with Gasteiger partial charge in [0.05, 0.1) is 0 Å². The van der Waals surface area contributed by atoms with Gasteiger partial charge in [0.15, 0.2) is 5.21 Å². The van der Waals surface area contributed by atoms with Gasteiger partial charge in [0.25, 0.3) is 0 Å². The van der Waals surface area contributed by atoms with Crippen LogP contribution in [0.15, 0.2) is 30.3 Å². The molecule has 0 unspecified atom stereocenters. The van der Waals surface area contributed by atoms with Crippen molar-refractivity contribution in [2.24, 2.45) is 5.73 Å². The van der Waals surface area contributed by atoms with E-state index in [1.807, 2.05) is 18.2 Å². The number of ether oxygens (including phenoxy) is 2. The number of hydrogen-bond donors (Lipinski definition) is 2. The van der Waals surface area contributed by atoms with Crippen molar-refractivity contribution in [1.82, 2.24) is 20.4 Å². The number of nitrogens with zero attached hydrogens (tertiary/aromatic N) is 3. The number of benzene rings is 1. The maximum atomic E-state index is 13.0. The number of carbonyl (C=O) groups excluding carboxylic acids is 3. The zero-order valence-electron chi connectivity index (χ0n) is 18.0. The van der Waals surface area contributed by atoms with Gasteiger partial charge in [-0.1, -0.05) is 30.3 Å². The van der Waals surface area contributed by atoms with Gasteiger partial charge in [-0.05, 0) is 56.8 Å². The number of nitrogens with two attached hydrogens (primary N) is 1. The van der Waals surface area contributed by atoms with E-state index in [1.165, 1.54) is 0 Å². The molecule has 1 aromatic heterocycles. The second-order valence-electron chi connectivity index (χ2n) is 7.84. The number of aromatic amines is 1. The molecule has 0 aliphatic carbocycles. The van der Waals surface area contributed by atoms with E-state index in [2.05, 4.69) is 20.8 Å². The molecule has 11 heteroatoms. The Bertz CT molecular complexity index is 878. The van der Waals surface area contributed by atoms with E-state index < -0.39 is 29.6 Å². The topological polar surface area (TPSA) is 153 Å². The Kier molecular flexibility index (Phi) is 8.62. The highest BCUT2D eigenvalue weighted by atomic mass is 16.6. The van der Waals surface area contributed by atoms with Crippen LogP contribution in [0.5, 0.6) is 0 Å². The van der Waals surface area contributed by atoms with Crippen LogP contribution in [-0.4, -0.2) is 51.3 Å². The number of carbonyl (C=O) groups is 3. The minimum atomic E-state index is -0.989. The number of esters is 1. The number of nitrogens with one attached hydrogen (secondary N) is 2. The summed E-state index contributed by atoms with van der Waals surface area (Å²) in [5.74, 6) is -1.71. The molecule has 1 atom stereocenters. The molecule has 31 heavy (non-hydrogen) atoms. The maximum Gasteiger partial charge on any atom is 0.410 e. The summed E-state index contributed by atoms with van der Waals surface area (Å²) in [7, 11) is 0. The summed E-state index contributed by atoms with van der Waals surface area (Å²) >= 11 is 0. The third-order valence-electron chi connectivity index (χ3n) is 4.05. The minimum Gasteiger partial charge on any atom is -0.453 e. The van der Waals surface area contributed by atoms with Crippen molar-refractivity contribution < 1.29 is 29.0 Å². The third-order valence-corrected chi connectivity index (χ3v) is 4.05. The van der Waals surface area contributed by atoms with Crippen LogP contribution in [0.3, 0.4) is 0 Å². The van der Waals surface area contributed by atoms with Crippen LogP contribution in [0.1, 0.15) is 61.0 Å². The van der Waals surface area contributed by atoms with Gasteiger partial charge in [-0.15, -0.1) is 5.10 Å². The summed E-state index contributed by atoms with van der Waals surface area (Å²) < 4.78 is 11.3. The molecule has 0 radical (unpaired) electrons. The van der Waals surface area contributed by atoms with Gasteiger partial charge in [0.1, 0.15) is 23.5 Å². The van der Waals surface area contributed by atoms with Crippen LogP contribution < -0.4 is 16.1 Å². The molecule has 0 fully saturated rings. The van der Waals surface area contributed by atoms with Crippen LogP contribution in [0.25, 0.3) is 0 Å². The summed E-state index contributed by atoms with van der Waals surface area (Å²) in [6.45, 7) is 5.60. The zero-order valence-corrected chi connectivity index (χ0v) is 18.0. The molecule has 0 saturated heterocycles. The Balaban J connectivity index is 2.11. The van der Waals surface area contributed by atoms with Crippen LogP contribution in [-0.2, 0) is 16.1 Å². The second-order valence-corrected chi connectivity index (χ2v) is 7.84. The molecule has 1 amide bonds. The average Bonchev–Trinajstić information content (AvgIpc) is 3.20. The summed E-state index contributed by atoms with van der Waals surface area (Å²) in [6, 6.07) is 8.10. The number of rotatable bonds is 9. The van der Waals surface area contributed by atoms with E-state index in [-0.39, 0.29) is 18.9 Å². The third kappa shape index (κ3) is 7.78. The predicted molar refractivity (Wildman–Crippen MR) is 109 cm³/mol. The largest absolute Gasteiger partial charge is 0.453 e. The smallest absolute Gasteiger partial charge is 0.410 e. The van der Waals surface area contributed by atoms with Gasteiger partial charge >= 0.3 is 23.8 Å². The van der Waals surface area contributed by atoms with Crippen LogP contribution in [0.2, 0.25) is 0 Å². The van der Waals surface area contributed by atoms with Gasteiger partial charge in [-0.25, -0.2) is 9.59 Å². The first-order valence-corrected chi connectivity index (χ1v) is 9.99. The molecule has 0 aliphatic heterocycles. The molecule has 1 heterocycles. The van der Waals surface area contributed by atoms with E-state index in [0.29, 0.717) is 19.4 Å². The first kappa shape index (κ1) is 23.9. The van der Waals surface area contributed by atoms with E-state index in [0.717, 1.165) is 10.2 Å². The SMILES string of the molecule is CC(C)(C)OC(=O)N[C@@H](CCCCN)C(=O)n1nn[nH+]c1C(=O)OCc1ccccc1. The van der Waals surface area contributed by atoms with Gasteiger partial charge < -0.3 is 20.5 Å². The van der Waals surface area contributed by atoms with Crippen molar-refractivity contribution in [3.8, 4) is 0 Å². The molecular weight excluding hydrogens is 404 g/mol. The van der Waals surface area contributed by atoms with Gasteiger partial charge in [0.2, 0.25) is 0 Å². The molecule has 2 rings (SSSR count). The zero-order chi connectivity index (χ0) is 22.9. The fourth-order valence-electron chi connectivity index (χ4n) is 2.63. The molecular formula is C20H29N6O5+. The normalized spacial score (nSPS) is 12.1. The predicted octanol–water partition coefficient (Wildman–Crippen LogP) is 1.11. The molecule has 0 saturated carbocycles. The number of amides is 1. The van der Waals surface area contributed by atoms with Gasteiger partial charge in [-0.2, -0.15) is 0 Å². The Hall–Kier alpha value is -3.34. The lowest BCUT2D eigenvalue weighted by molar-refractivity contribution is -0.460. The Morgan fingerprint density at radius 1 is 1.19 bits per heavy atom. The highest BCUT2D eigenvalue weighted by Gasteiger charge is 2.35. The standard InChI is InChI=1S/C20H28N6O5/c1-20(2,3)31-19(29)22-15(11-7-8-12-21)17(27)26-16(23-24-25-26)18(28)30-13-14-9-5-4-6-10-14/h4-6,9-10,15H,7-8,11-13,21H2,1-3H3,(H,22,29)/p+1/t15-/m0/s1. The number of unbranched alkanes of at least 4 members (excludes halogenated alkanes) is 1. The summed E-state index contributed by atoms with van der Waals surface area (Å²) in [6.07, 6.45) is 0.772. The van der Waals surface area contributed by atoms with E-state index in [9.17, 15) is 14.4 Å². The number of aromatic nitrogens is 4. The Labute approximate surface area is 180 Å². The van der Waals surface area contributed by atoms with Crippen molar-refractivity contribution >= 4 is 18.0 Å². The van der Waals surface area contributed by atoms with E-state index in [4.69, 9.17) is 15.2 Å². The maximum absolute atomic E-state index is 13.0. The first-order chi connectivity index (χ1) is 14.7. The lowest BCUT2D eigenvalue weighted by Crippen LogP contribution is -2.46. The molecule has 1 aromatic carbocycles. The molecule has 0 bridgehead atoms. The van der Waals surface area contributed by atoms with Crippen molar-refractivity contribution in [3.05, 3.63) is 41.7 Å². The number of alkyl carbamates (subject to hydrolysis) is 1. The molecule has 0 aliphatic rings. The first-order valence-electron chi connectivity index (χ1n) is 9.99. The quantitative estimate of drug-likeness (QED) is 0.339. The Morgan fingerprint density at radius 2 is 1.90 bits per heavy atom. The highest BCUT2D eigenvalue weighted by molar-refractivity contribution is 5.93. The monoisotopic (exact) mass is 433 g/mol. The Morgan fingerprint density at radius 3 is 2.55 bits per heavy atom. The lowest BCUT2D eigenvalue weighted by Gasteiger charge is -2.22. The highest BCUT2D eigenvalue weighted by Crippen LogP contribution is 2.10. The van der Waals surface area contributed by atoms with Crippen molar-refractivity contribution in [2.75, 3.05) is 6.54 Å². The molecule has 0 spiro atoms. The lowest BCUT2D eigenvalue weighted by atomic mass is 10.1. The van der Waals surface area contributed by atoms with Gasteiger partial charge in [0, 0.05) is 0 Å². The fraction of sp³-hybridized carbons (Fsp3) is 0.500. The van der Waals surface area contributed by atoms with Crippen LogP contribution >= 0.6 is 0 Å². The number of tetrazole rings is 1. The van der Waals surface area contributed by atoms with Crippen molar-refractivity contribution in [3.63, 3.8) is 0 Å². The summed E-state index contributed by atoms with van der Waals surface area (Å²) in [5, 5.41) is 12.1. The number of hydrogen-bond acceptors (Lipinski definition) is 8. The second kappa shape index (κ2) is 11.2. The average molecular weight is 433 g/mol. The number of H-pyrrole nitrogens is 1. The van der Waals surface area contributed by atoms with Crippen LogP contribution in [0, 0.1) is 0 Å². The molecule has 168 valence electrons. The minimum absolute atomic E-state index is 0.0168.